The van der Waals surface area contributed by atoms with Crippen LogP contribution in [0.25, 0.3) is 10.8 Å². The van der Waals surface area contributed by atoms with E-state index in [1.165, 1.54) is 16.3 Å². The highest BCUT2D eigenvalue weighted by Crippen LogP contribution is 2.25. The second-order valence-electron chi connectivity index (χ2n) is 7.15. The number of hydrogen-bond acceptors (Lipinski definition) is 4. The van der Waals surface area contributed by atoms with Gasteiger partial charge in [-0.25, -0.2) is 0 Å². The van der Waals surface area contributed by atoms with E-state index in [9.17, 15) is 5.11 Å². The van der Waals surface area contributed by atoms with Gasteiger partial charge in [-0.2, -0.15) is 0 Å². The first kappa shape index (κ1) is 16.0. The van der Waals surface area contributed by atoms with Crippen molar-refractivity contribution in [2.24, 2.45) is 0 Å². The van der Waals surface area contributed by atoms with Crippen LogP contribution in [-0.2, 0) is 16.1 Å². The van der Waals surface area contributed by atoms with Crippen molar-refractivity contribution in [3.8, 4) is 0 Å². The Bertz CT molecular complexity index is 685. The van der Waals surface area contributed by atoms with Crippen molar-refractivity contribution in [1.29, 1.82) is 0 Å². The van der Waals surface area contributed by atoms with Crippen LogP contribution in [0.5, 0.6) is 0 Å². The van der Waals surface area contributed by atoms with Gasteiger partial charge in [0, 0.05) is 26.2 Å². The summed E-state index contributed by atoms with van der Waals surface area (Å²) in [7, 11) is 0. The molecule has 0 saturated carbocycles. The van der Waals surface area contributed by atoms with Gasteiger partial charge < -0.3 is 14.6 Å². The highest BCUT2D eigenvalue weighted by Gasteiger charge is 2.37. The summed E-state index contributed by atoms with van der Waals surface area (Å²) in [6.45, 7) is 4.37. The molecular weight excluding hydrogens is 302 g/mol. The van der Waals surface area contributed by atoms with Crippen molar-refractivity contribution >= 4 is 10.8 Å². The third-order valence-corrected chi connectivity index (χ3v) is 5.10. The minimum Gasteiger partial charge on any atom is -0.386 e. The molecule has 1 unspecified atom stereocenters. The van der Waals surface area contributed by atoms with Crippen molar-refractivity contribution in [2.45, 2.75) is 31.2 Å². The lowest BCUT2D eigenvalue weighted by Crippen LogP contribution is -2.59. The van der Waals surface area contributed by atoms with Crippen LogP contribution >= 0.6 is 0 Å². The monoisotopic (exact) mass is 327 g/mol. The lowest BCUT2D eigenvalue weighted by atomic mass is 9.94. The first-order valence-corrected chi connectivity index (χ1v) is 8.83. The molecule has 2 aromatic rings. The Morgan fingerprint density at radius 1 is 1.17 bits per heavy atom. The second kappa shape index (κ2) is 6.81. The summed E-state index contributed by atoms with van der Waals surface area (Å²) in [6, 6.07) is 14.8. The summed E-state index contributed by atoms with van der Waals surface area (Å²) < 4.78 is 11.5. The third kappa shape index (κ3) is 3.47. The van der Waals surface area contributed by atoms with E-state index in [2.05, 4.69) is 47.4 Å². The third-order valence-electron chi connectivity index (χ3n) is 5.10. The number of fused-ring (bicyclic) bond motifs is 1. The van der Waals surface area contributed by atoms with Crippen LogP contribution in [0.4, 0.5) is 0 Å². The molecule has 4 rings (SSSR count). The van der Waals surface area contributed by atoms with Crippen LogP contribution in [0.3, 0.4) is 0 Å². The van der Waals surface area contributed by atoms with E-state index in [1.54, 1.807) is 0 Å². The van der Waals surface area contributed by atoms with E-state index in [0.29, 0.717) is 19.8 Å². The van der Waals surface area contributed by atoms with Crippen LogP contribution in [0.15, 0.2) is 42.5 Å². The molecule has 0 aromatic heterocycles. The summed E-state index contributed by atoms with van der Waals surface area (Å²) in [5, 5.41) is 13.0. The number of ether oxygens (including phenoxy) is 2. The van der Waals surface area contributed by atoms with Crippen molar-refractivity contribution in [3.05, 3.63) is 48.0 Å². The van der Waals surface area contributed by atoms with Crippen LogP contribution in [0.2, 0.25) is 0 Å². The first-order chi connectivity index (χ1) is 11.7. The summed E-state index contributed by atoms with van der Waals surface area (Å²) in [4.78, 5) is 2.27. The molecule has 2 aliphatic heterocycles. The summed E-state index contributed by atoms with van der Waals surface area (Å²) in [5.41, 5.74) is 0.574. The highest BCUT2D eigenvalue weighted by atomic mass is 16.5. The minimum atomic E-state index is -0.668. The number of benzene rings is 2. The Hall–Kier alpha value is -1.46. The van der Waals surface area contributed by atoms with E-state index in [4.69, 9.17) is 9.47 Å². The number of nitrogens with zero attached hydrogens (tertiary/aromatic N) is 1. The molecule has 24 heavy (non-hydrogen) atoms. The normalized spacial score (nSPS) is 25.7. The molecule has 4 heteroatoms. The SMILES string of the molecule is OC1(CN2CC(OCc3cccc4ccccc34)C2)CCCOC1. The van der Waals surface area contributed by atoms with Crippen LogP contribution in [-0.4, -0.2) is 54.6 Å². The van der Waals surface area contributed by atoms with Gasteiger partial charge in [-0.3, -0.25) is 4.90 Å². The maximum absolute atomic E-state index is 10.5. The van der Waals surface area contributed by atoms with Crippen LogP contribution in [0.1, 0.15) is 18.4 Å². The molecule has 1 N–H and O–H groups in total. The van der Waals surface area contributed by atoms with E-state index < -0.39 is 5.60 Å². The predicted octanol–water partition coefficient (Wildman–Crippen LogP) is 2.58. The molecule has 1 atom stereocenters. The number of aliphatic hydroxyl groups is 1. The molecule has 2 aromatic carbocycles. The number of likely N-dealkylation sites (tertiary alicyclic amines) is 1. The van der Waals surface area contributed by atoms with Gasteiger partial charge in [0.15, 0.2) is 0 Å². The first-order valence-electron chi connectivity index (χ1n) is 8.83. The molecule has 0 bridgehead atoms. The predicted molar refractivity (Wildman–Crippen MR) is 94.0 cm³/mol. The zero-order chi connectivity index (χ0) is 16.4. The molecule has 0 radical (unpaired) electrons. The van der Waals surface area contributed by atoms with Gasteiger partial charge in [-0.1, -0.05) is 42.5 Å². The molecular formula is C20H25NO3. The zero-order valence-electron chi connectivity index (χ0n) is 14.0. The average molecular weight is 327 g/mol. The lowest BCUT2D eigenvalue weighted by molar-refractivity contribution is -0.132. The fourth-order valence-corrected chi connectivity index (χ4v) is 3.76. The van der Waals surface area contributed by atoms with Gasteiger partial charge >= 0.3 is 0 Å². The molecule has 0 spiro atoms. The fraction of sp³-hybridized carbons (Fsp3) is 0.500. The summed E-state index contributed by atoms with van der Waals surface area (Å²) in [5.74, 6) is 0. The standard InChI is InChI=1S/C20H25NO3/c22-20(9-4-10-23-15-20)14-21-11-18(12-21)24-13-17-7-3-6-16-5-1-2-8-19(16)17/h1-3,5-8,18,22H,4,9-15H2. The van der Waals surface area contributed by atoms with Gasteiger partial charge in [0.05, 0.1) is 19.3 Å². The Labute approximate surface area is 143 Å². The quantitative estimate of drug-likeness (QED) is 0.916. The Morgan fingerprint density at radius 2 is 2.00 bits per heavy atom. The molecule has 2 heterocycles. The van der Waals surface area contributed by atoms with Crippen molar-refractivity contribution in [2.75, 3.05) is 32.8 Å². The smallest absolute Gasteiger partial charge is 0.101 e. The maximum atomic E-state index is 10.5. The van der Waals surface area contributed by atoms with E-state index in [1.807, 2.05) is 0 Å². The number of rotatable bonds is 5. The van der Waals surface area contributed by atoms with Gasteiger partial charge in [-0.05, 0) is 29.2 Å². The van der Waals surface area contributed by atoms with Crippen LogP contribution < -0.4 is 0 Å². The summed E-state index contributed by atoms with van der Waals surface area (Å²) >= 11 is 0. The molecule has 2 aliphatic rings. The number of hydrogen-bond donors (Lipinski definition) is 1. The zero-order valence-corrected chi connectivity index (χ0v) is 14.0. The van der Waals surface area contributed by atoms with Crippen molar-refractivity contribution in [1.82, 2.24) is 4.90 Å². The Morgan fingerprint density at radius 3 is 2.83 bits per heavy atom. The molecule has 0 amide bonds. The largest absolute Gasteiger partial charge is 0.386 e. The van der Waals surface area contributed by atoms with E-state index >= 15 is 0 Å². The van der Waals surface area contributed by atoms with E-state index in [0.717, 1.165) is 32.5 Å². The Balaban J connectivity index is 1.28. The molecule has 0 aliphatic carbocycles. The second-order valence-corrected chi connectivity index (χ2v) is 7.15. The van der Waals surface area contributed by atoms with Gasteiger partial charge in [0.25, 0.3) is 0 Å². The summed E-state index contributed by atoms with van der Waals surface area (Å²) in [6.07, 6.45) is 2.05. The van der Waals surface area contributed by atoms with Crippen molar-refractivity contribution < 1.29 is 14.6 Å². The lowest BCUT2D eigenvalue weighted by Gasteiger charge is -2.44. The van der Waals surface area contributed by atoms with Crippen molar-refractivity contribution in [3.63, 3.8) is 0 Å². The van der Waals surface area contributed by atoms with Crippen LogP contribution in [0, 0.1) is 0 Å². The molecule has 2 saturated heterocycles. The highest BCUT2D eigenvalue weighted by molar-refractivity contribution is 5.85. The molecule has 128 valence electrons. The topological polar surface area (TPSA) is 41.9 Å². The van der Waals surface area contributed by atoms with Gasteiger partial charge in [0.2, 0.25) is 0 Å². The molecule has 4 nitrogen and oxygen atoms in total. The average Bonchev–Trinajstić information content (AvgIpc) is 2.57. The Kier molecular flexibility index (Phi) is 4.55. The van der Waals surface area contributed by atoms with Gasteiger partial charge in [-0.15, -0.1) is 0 Å². The fourth-order valence-electron chi connectivity index (χ4n) is 3.76. The maximum Gasteiger partial charge on any atom is 0.101 e. The molecule has 2 fully saturated rings. The van der Waals surface area contributed by atoms with Gasteiger partial charge in [0.1, 0.15) is 5.60 Å². The van der Waals surface area contributed by atoms with E-state index in [-0.39, 0.29) is 6.10 Å². The number of β-amino-alcohol motifs (C(OH)–C–C–N with tert-alkyl or cyclic N) is 1. The minimum absolute atomic E-state index is 0.261.